The van der Waals surface area contributed by atoms with Crippen LogP contribution in [0.25, 0.3) is 0 Å². The van der Waals surface area contributed by atoms with Crippen LogP contribution in [0.2, 0.25) is 0 Å². The highest BCUT2D eigenvalue weighted by Crippen LogP contribution is 2.25. The van der Waals surface area contributed by atoms with Crippen LogP contribution in [-0.4, -0.2) is 0 Å². The van der Waals surface area contributed by atoms with E-state index < -0.39 is 0 Å². The van der Waals surface area contributed by atoms with Gasteiger partial charge in [0.2, 0.25) is 0 Å². The molecule has 0 aromatic heterocycles. The quantitative estimate of drug-likeness (QED) is 0.811. The minimum atomic E-state index is 0.592. The maximum Gasteiger partial charge on any atom is 0.134 e. The molecule has 2 aromatic rings. The van der Waals surface area contributed by atoms with Crippen LogP contribution in [0, 0.1) is 19.9 Å². The maximum atomic E-state index is 5.81. The predicted octanol–water partition coefficient (Wildman–Crippen LogP) is 4.45. The van der Waals surface area contributed by atoms with Crippen molar-refractivity contribution in [2.75, 3.05) is 0 Å². The molecule has 0 N–H and O–H groups in total. The average Bonchev–Trinajstić information content (AvgIpc) is 2.30. The fraction of sp³-hybridized carbons (Fsp3) is 0.200. The van der Waals surface area contributed by atoms with Gasteiger partial charge in [0, 0.05) is 6.07 Å². The van der Waals surface area contributed by atoms with Crippen LogP contribution in [0.15, 0.2) is 40.9 Å². The Balaban J connectivity index is 2.16. The molecule has 0 saturated heterocycles. The highest BCUT2D eigenvalue weighted by molar-refractivity contribution is 9.10. The van der Waals surface area contributed by atoms with Gasteiger partial charge in [0.1, 0.15) is 12.4 Å². The third-order valence-corrected chi connectivity index (χ3v) is 3.41. The van der Waals surface area contributed by atoms with Gasteiger partial charge in [-0.1, -0.05) is 30.3 Å². The molecule has 0 bridgehead atoms. The third kappa shape index (κ3) is 2.89. The topological polar surface area (TPSA) is 9.23 Å². The molecule has 0 aliphatic carbocycles. The van der Waals surface area contributed by atoms with Crippen LogP contribution in [0.4, 0.5) is 0 Å². The first-order chi connectivity index (χ1) is 8.18. The molecule has 1 nitrogen and oxygen atoms in total. The summed E-state index contributed by atoms with van der Waals surface area (Å²) >= 11 is 3.43. The zero-order chi connectivity index (χ0) is 12.3. The van der Waals surface area contributed by atoms with E-state index in [1.807, 2.05) is 18.2 Å². The van der Waals surface area contributed by atoms with Crippen LogP contribution in [0.1, 0.15) is 16.7 Å². The average molecular weight is 290 g/mol. The lowest BCUT2D eigenvalue weighted by molar-refractivity contribution is 0.302. The summed E-state index contributed by atoms with van der Waals surface area (Å²) in [5, 5.41) is 0. The van der Waals surface area contributed by atoms with Crippen LogP contribution in [-0.2, 0) is 6.61 Å². The van der Waals surface area contributed by atoms with Crippen molar-refractivity contribution in [3.63, 3.8) is 0 Å². The fourth-order valence-corrected chi connectivity index (χ4v) is 2.12. The first-order valence-electron chi connectivity index (χ1n) is 5.52. The highest BCUT2D eigenvalue weighted by Gasteiger charge is 2.04. The molecule has 0 heterocycles. The van der Waals surface area contributed by atoms with E-state index in [4.69, 9.17) is 4.74 Å². The Morgan fingerprint density at radius 3 is 2.47 bits per heavy atom. The molecule has 87 valence electrons. The van der Waals surface area contributed by atoms with Crippen LogP contribution >= 0.6 is 15.9 Å². The predicted molar refractivity (Wildman–Crippen MR) is 73.2 cm³/mol. The van der Waals surface area contributed by atoms with E-state index >= 15 is 0 Å². The van der Waals surface area contributed by atoms with Gasteiger partial charge in [-0.25, -0.2) is 0 Å². The molecule has 0 aliphatic heterocycles. The molecule has 0 unspecified atom stereocenters. The molecule has 1 radical (unpaired) electrons. The second-order valence-electron chi connectivity index (χ2n) is 4.01. The Kier molecular flexibility index (Phi) is 3.85. The monoisotopic (exact) mass is 289 g/mol. The SMILES string of the molecule is Cc1cccc(C)c1COc1ccc[c]c1Br. The van der Waals surface area contributed by atoms with E-state index in [1.54, 1.807) is 0 Å². The summed E-state index contributed by atoms with van der Waals surface area (Å²) in [5.41, 5.74) is 3.78. The molecule has 2 aromatic carbocycles. The van der Waals surface area contributed by atoms with Crippen LogP contribution in [0.3, 0.4) is 0 Å². The molecule has 0 atom stereocenters. The Morgan fingerprint density at radius 1 is 1.12 bits per heavy atom. The lowest BCUT2D eigenvalue weighted by atomic mass is 10.0. The zero-order valence-electron chi connectivity index (χ0n) is 9.96. The van der Waals surface area contributed by atoms with Crippen molar-refractivity contribution in [3.05, 3.63) is 63.6 Å². The van der Waals surface area contributed by atoms with E-state index in [9.17, 15) is 0 Å². The van der Waals surface area contributed by atoms with Crippen molar-refractivity contribution in [2.45, 2.75) is 20.5 Å². The second-order valence-corrected chi connectivity index (χ2v) is 4.80. The second kappa shape index (κ2) is 5.37. The first kappa shape index (κ1) is 12.2. The number of benzene rings is 2. The Labute approximate surface area is 111 Å². The van der Waals surface area contributed by atoms with Crippen LogP contribution < -0.4 is 4.74 Å². The molecule has 17 heavy (non-hydrogen) atoms. The van der Waals surface area contributed by atoms with Gasteiger partial charge >= 0.3 is 0 Å². The minimum Gasteiger partial charge on any atom is -0.488 e. The molecule has 0 fully saturated rings. The summed E-state index contributed by atoms with van der Waals surface area (Å²) in [5.74, 6) is 0.829. The largest absolute Gasteiger partial charge is 0.488 e. The van der Waals surface area contributed by atoms with Crippen molar-refractivity contribution >= 4 is 15.9 Å². The summed E-state index contributed by atoms with van der Waals surface area (Å²) in [6.45, 7) is 4.81. The first-order valence-corrected chi connectivity index (χ1v) is 6.32. The number of aryl methyl sites for hydroxylation is 2. The molecule has 0 spiro atoms. The number of hydrogen-bond acceptors (Lipinski definition) is 1. The van der Waals surface area contributed by atoms with Gasteiger partial charge in [-0.05, 0) is 52.5 Å². The fourth-order valence-electron chi connectivity index (χ4n) is 1.74. The van der Waals surface area contributed by atoms with E-state index in [1.165, 1.54) is 16.7 Å². The summed E-state index contributed by atoms with van der Waals surface area (Å²) in [6.07, 6.45) is 0. The standard InChI is InChI=1S/C15H14BrO/c1-11-6-5-7-12(2)13(11)10-17-15-9-4-3-8-14(15)16/h3-7,9H,10H2,1-2H3. The Hall–Kier alpha value is -1.28. The minimum absolute atomic E-state index is 0.592. The van der Waals surface area contributed by atoms with E-state index in [0.717, 1.165) is 10.2 Å². The Morgan fingerprint density at radius 2 is 1.82 bits per heavy atom. The lowest BCUT2D eigenvalue weighted by Crippen LogP contribution is -2.00. The third-order valence-electron chi connectivity index (χ3n) is 2.79. The van der Waals surface area contributed by atoms with Crippen molar-refractivity contribution in [1.82, 2.24) is 0 Å². The van der Waals surface area contributed by atoms with E-state index in [-0.39, 0.29) is 0 Å². The van der Waals surface area contributed by atoms with E-state index in [2.05, 4.69) is 54.0 Å². The van der Waals surface area contributed by atoms with Crippen LogP contribution in [0.5, 0.6) is 5.75 Å². The summed E-state index contributed by atoms with van der Waals surface area (Å²) in [6, 6.07) is 15.1. The van der Waals surface area contributed by atoms with Gasteiger partial charge in [-0.3, -0.25) is 0 Å². The molecule has 0 amide bonds. The Bertz CT molecular complexity index is 500. The normalized spacial score (nSPS) is 10.3. The highest BCUT2D eigenvalue weighted by atomic mass is 79.9. The number of ether oxygens (including phenoxy) is 1. The van der Waals surface area contributed by atoms with E-state index in [0.29, 0.717) is 6.61 Å². The summed E-state index contributed by atoms with van der Waals surface area (Å²) in [4.78, 5) is 0. The molecular formula is C15H14BrO. The van der Waals surface area contributed by atoms with Gasteiger partial charge in [0.05, 0.1) is 4.47 Å². The van der Waals surface area contributed by atoms with Gasteiger partial charge in [-0.2, -0.15) is 0 Å². The smallest absolute Gasteiger partial charge is 0.134 e. The van der Waals surface area contributed by atoms with Crippen molar-refractivity contribution in [3.8, 4) is 5.75 Å². The van der Waals surface area contributed by atoms with Crippen molar-refractivity contribution in [2.24, 2.45) is 0 Å². The molecule has 0 aliphatic rings. The van der Waals surface area contributed by atoms with Gasteiger partial charge in [-0.15, -0.1) is 0 Å². The lowest BCUT2D eigenvalue weighted by Gasteiger charge is -2.12. The maximum absolute atomic E-state index is 5.81. The van der Waals surface area contributed by atoms with Crippen molar-refractivity contribution in [1.29, 1.82) is 0 Å². The van der Waals surface area contributed by atoms with Crippen molar-refractivity contribution < 1.29 is 4.74 Å². The number of rotatable bonds is 3. The number of hydrogen-bond donors (Lipinski definition) is 0. The molecular weight excluding hydrogens is 276 g/mol. The van der Waals surface area contributed by atoms with Gasteiger partial charge in [0.15, 0.2) is 0 Å². The summed E-state index contributed by atoms with van der Waals surface area (Å²) in [7, 11) is 0. The van der Waals surface area contributed by atoms with Gasteiger partial charge < -0.3 is 4.74 Å². The molecule has 0 saturated carbocycles. The van der Waals surface area contributed by atoms with Gasteiger partial charge in [0.25, 0.3) is 0 Å². The number of halogens is 1. The zero-order valence-corrected chi connectivity index (χ0v) is 11.5. The summed E-state index contributed by atoms with van der Waals surface area (Å²) < 4.78 is 6.67. The molecule has 2 heteroatoms. The molecule has 2 rings (SSSR count).